The van der Waals surface area contributed by atoms with Crippen molar-refractivity contribution in [2.45, 2.75) is 19.5 Å². The molecule has 0 saturated carbocycles. The molecule has 1 aromatic carbocycles. The third kappa shape index (κ3) is 3.81. The Hall–Kier alpha value is -2.84. The van der Waals surface area contributed by atoms with E-state index in [1.807, 2.05) is 13.0 Å². The van der Waals surface area contributed by atoms with Crippen molar-refractivity contribution in [2.24, 2.45) is 0 Å². The predicted molar refractivity (Wildman–Crippen MR) is 85.6 cm³/mol. The molecule has 3 aromatic rings. The molecule has 3 rings (SSSR count). The second-order valence-electron chi connectivity index (χ2n) is 5.23. The Bertz CT molecular complexity index is 862. The van der Waals surface area contributed by atoms with Gasteiger partial charge in [0.05, 0.1) is 12.1 Å². The summed E-state index contributed by atoms with van der Waals surface area (Å²) in [5.41, 5.74) is 0.0529. The third-order valence-corrected chi connectivity index (χ3v) is 3.53. The van der Waals surface area contributed by atoms with Crippen molar-refractivity contribution >= 4 is 11.6 Å². The number of nitrogens with one attached hydrogen (secondary N) is 1. The van der Waals surface area contributed by atoms with Crippen LogP contribution in [0, 0.1) is 0 Å². The third-order valence-electron chi connectivity index (χ3n) is 3.53. The Kier molecular flexibility index (Phi) is 4.73. The number of para-hydroxylation sites is 1. The molecule has 6 nitrogen and oxygen atoms in total. The van der Waals surface area contributed by atoms with Crippen molar-refractivity contribution in [3.05, 3.63) is 47.9 Å². The summed E-state index contributed by atoms with van der Waals surface area (Å²) in [4.78, 5) is 8.37. The number of fused-ring (bicyclic) bond motifs is 1. The van der Waals surface area contributed by atoms with E-state index in [-0.39, 0.29) is 12.4 Å². The number of benzene rings is 1. The smallest absolute Gasteiger partial charge is 0.419 e. The number of hydrogen-bond donors (Lipinski definition) is 1. The maximum Gasteiger partial charge on any atom is 0.419 e. The molecule has 0 saturated heterocycles. The minimum atomic E-state index is -4.45. The zero-order valence-electron chi connectivity index (χ0n) is 13.4. The number of alkyl halides is 3. The first-order valence-corrected chi connectivity index (χ1v) is 7.71. The van der Waals surface area contributed by atoms with E-state index >= 15 is 0 Å². The molecular formula is C16H16F3N5O. The second kappa shape index (κ2) is 6.96. The summed E-state index contributed by atoms with van der Waals surface area (Å²) in [7, 11) is 0. The average Bonchev–Trinajstić information content (AvgIpc) is 3.06. The Morgan fingerprint density at radius 2 is 2.04 bits per heavy atom. The van der Waals surface area contributed by atoms with E-state index in [1.165, 1.54) is 29.0 Å². The topological polar surface area (TPSA) is 64.3 Å². The summed E-state index contributed by atoms with van der Waals surface area (Å²) in [5, 5.41) is 7.16. The Morgan fingerprint density at radius 1 is 1.24 bits per heavy atom. The minimum absolute atomic E-state index is 0.0626. The molecule has 0 bridgehead atoms. The van der Waals surface area contributed by atoms with Crippen LogP contribution in [0.3, 0.4) is 0 Å². The molecule has 9 heteroatoms. The maximum absolute atomic E-state index is 12.9. The molecule has 0 spiro atoms. The van der Waals surface area contributed by atoms with Gasteiger partial charge in [-0.15, -0.1) is 0 Å². The fourth-order valence-electron chi connectivity index (χ4n) is 2.34. The van der Waals surface area contributed by atoms with Crippen LogP contribution in [-0.4, -0.2) is 32.7 Å². The van der Waals surface area contributed by atoms with E-state index < -0.39 is 11.7 Å². The monoisotopic (exact) mass is 351 g/mol. The lowest BCUT2D eigenvalue weighted by molar-refractivity contribution is -0.138. The lowest BCUT2D eigenvalue weighted by Crippen LogP contribution is -2.16. The molecule has 0 unspecified atom stereocenters. The van der Waals surface area contributed by atoms with Crippen LogP contribution < -0.4 is 10.1 Å². The lowest BCUT2D eigenvalue weighted by Gasteiger charge is -2.14. The Balaban J connectivity index is 1.66. The van der Waals surface area contributed by atoms with Crippen molar-refractivity contribution in [3.8, 4) is 5.75 Å². The van der Waals surface area contributed by atoms with Crippen molar-refractivity contribution in [2.75, 3.05) is 18.5 Å². The van der Waals surface area contributed by atoms with Gasteiger partial charge in [-0.3, -0.25) is 0 Å². The molecule has 0 aliphatic carbocycles. The summed E-state index contributed by atoms with van der Waals surface area (Å²) >= 11 is 0. The first-order chi connectivity index (χ1) is 12.0. The molecule has 0 radical (unpaired) electrons. The highest BCUT2D eigenvalue weighted by atomic mass is 19.4. The maximum atomic E-state index is 12.9. The number of aryl methyl sites for hydroxylation is 1. The molecule has 132 valence electrons. The molecule has 0 fully saturated rings. The first-order valence-electron chi connectivity index (χ1n) is 7.71. The number of rotatable bonds is 6. The van der Waals surface area contributed by atoms with Gasteiger partial charge < -0.3 is 10.1 Å². The summed E-state index contributed by atoms with van der Waals surface area (Å²) < 4.78 is 45.6. The zero-order valence-corrected chi connectivity index (χ0v) is 13.4. The molecular weight excluding hydrogens is 335 g/mol. The number of hydrogen-bond acceptors (Lipinski definition) is 5. The molecule has 0 amide bonds. The van der Waals surface area contributed by atoms with Crippen LogP contribution in [0.15, 0.2) is 36.7 Å². The molecule has 2 aromatic heterocycles. The SMILES string of the molecule is CCc1cc(NCCOc2ccccc2C(F)(F)F)n2ncnc2n1. The van der Waals surface area contributed by atoms with Gasteiger partial charge in [0.2, 0.25) is 0 Å². The van der Waals surface area contributed by atoms with Crippen LogP contribution in [0.5, 0.6) is 5.75 Å². The Morgan fingerprint density at radius 3 is 2.80 bits per heavy atom. The van der Waals surface area contributed by atoms with Gasteiger partial charge in [0, 0.05) is 11.8 Å². The predicted octanol–water partition coefficient (Wildman–Crippen LogP) is 3.20. The summed E-state index contributed by atoms with van der Waals surface area (Å²) in [6.07, 6.45) is -2.32. The van der Waals surface area contributed by atoms with Crippen molar-refractivity contribution in [3.63, 3.8) is 0 Å². The summed E-state index contributed by atoms with van der Waals surface area (Å²) in [5.74, 6) is 0.934. The summed E-state index contributed by atoms with van der Waals surface area (Å²) in [6.45, 7) is 2.33. The largest absolute Gasteiger partial charge is 0.491 e. The van der Waals surface area contributed by atoms with Crippen molar-refractivity contribution in [1.29, 1.82) is 0 Å². The first kappa shape index (κ1) is 17.0. The molecule has 1 N–H and O–H groups in total. The van der Waals surface area contributed by atoms with E-state index in [0.717, 1.165) is 18.2 Å². The fraction of sp³-hybridized carbons (Fsp3) is 0.312. The molecule has 0 aliphatic rings. The van der Waals surface area contributed by atoms with E-state index in [1.54, 1.807) is 0 Å². The van der Waals surface area contributed by atoms with E-state index in [9.17, 15) is 13.2 Å². The van der Waals surface area contributed by atoms with Crippen molar-refractivity contribution < 1.29 is 17.9 Å². The summed E-state index contributed by atoms with van der Waals surface area (Å²) in [6, 6.07) is 6.97. The number of halogens is 3. The lowest BCUT2D eigenvalue weighted by atomic mass is 10.2. The van der Waals surface area contributed by atoms with Crippen LogP contribution in [0.1, 0.15) is 18.2 Å². The van der Waals surface area contributed by atoms with E-state index in [4.69, 9.17) is 4.74 Å². The fourth-order valence-corrected chi connectivity index (χ4v) is 2.34. The van der Waals surface area contributed by atoms with Gasteiger partial charge in [-0.25, -0.2) is 4.98 Å². The second-order valence-corrected chi connectivity index (χ2v) is 5.23. The van der Waals surface area contributed by atoms with Gasteiger partial charge >= 0.3 is 6.18 Å². The van der Waals surface area contributed by atoms with Gasteiger partial charge in [-0.05, 0) is 18.6 Å². The standard InChI is InChI=1S/C16H16F3N5O/c1-2-11-9-14(24-15(23-11)21-10-22-24)20-7-8-25-13-6-4-3-5-12(13)16(17,18)19/h3-6,9-10,20H,2,7-8H2,1H3. The van der Waals surface area contributed by atoms with Crippen LogP contribution >= 0.6 is 0 Å². The van der Waals surface area contributed by atoms with Gasteiger partial charge in [-0.2, -0.15) is 27.8 Å². The minimum Gasteiger partial charge on any atom is -0.491 e. The molecule has 0 aliphatic heterocycles. The van der Waals surface area contributed by atoms with Crippen LogP contribution in [0.2, 0.25) is 0 Å². The highest BCUT2D eigenvalue weighted by Crippen LogP contribution is 2.35. The van der Waals surface area contributed by atoms with Gasteiger partial charge in [0.1, 0.15) is 24.5 Å². The highest BCUT2D eigenvalue weighted by molar-refractivity contribution is 5.45. The van der Waals surface area contributed by atoms with Crippen LogP contribution in [0.25, 0.3) is 5.78 Å². The zero-order chi connectivity index (χ0) is 17.9. The Labute approximate surface area is 141 Å². The quantitative estimate of drug-likeness (QED) is 0.691. The normalized spacial score (nSPS) is 11.7. The molecule has 0 atom stereocenters. The van der Waals surface area contributed by atoms with E-state index in [2.05, 4.69) is 20.4 Å². The molecule has 25 heavy (non-hydrogen) atoms. The van der Waals surface area contributed by atoms with Gasteiger partial charge in [0.25, 0.3) is 5.78 Å². The number of ether oxygens (including phenoxy) is 1. The molecule has 2 heterocycles. The number of nitrogens with zero attached hydrogens (tertiary/aromatic N) is 4. The van der Waals surface area contributed by atoms with Gasteiger partial charge in [-0.1, -0.05) is 19.1 Å². The van der Waals surface area contributed by atoms with Gasteiger partial charge in [0.15, 0.2) is 0 Å². The average molecular weight is 351 g/mol. The van der Waals surface area contributed by atoms with Crippen LogP contribution in [-0.2, 0) is 12.6 Å². The number of aromatic nitrogens is 4. The van der Waals surface area contributed by atoms with Crippen LogP contribution in [0.4, 0.5) is 19.0 Å². The van der Waals surface area contributed by atoms with Crippen molar-refractivity contribution in [1.82, 2.24) is 19.6 Å². The number of anilines is 1. The van der Waals surface area contributed by atoms with E-state index in [0.29, 0.717) is 18.1 Å². The highest BCUT2D eigenvalue weighted by Gasteiger charge is 2.33.